The van der Waals surface area contributed by atoms with E-state index in [4.69, 9.17) is 4.99 Å². The van der Waals surface area contributed by atoms with Crippen molar-refractivity contribution in [3.8, 4) is 6.07 Å². The molecule has 2 aromatic heterocycles. The van der Waals surface area contributed by atoms with Gasteiger partial charge in [0.25, 0.3) is 0 Å². The average molecular weight is 354 g/mol. The summed E-state index contributed by atoms with van der Waals surface area (Å²) in [6, 6.07) is 4.56. The fraction of sp³-hybridized carbons (Fsp3) is 0.524. The Bertz CT molecular complexity index is 869. The van der Waals surface area contributed by atoms with Gasteiger partial charge in [0.1, 0.15) is 11.1 Å². The minimum Gasteiger partial charge on any atom is -0.352 e. The Kier molecular flexibility index (Phi) is 4.64. The van der Waals surface area contributed by atoms with Crippen molar-refractivity contribution in [3.63, 3.8) is 0 Å². The maximum atomic E-state index is 9.67. The van der Waals surface area contributed by atoms with Crippen LogP contribution in [0.4, 0.5) is 5.00 Å². The van der Waals surface area contributed by atoms with Crippen molar-refractivity contribution in [2.24, 2.45) is 23.4 Å². The highest BCUT2D eigenvalue weighted by molar-refractivity contribution is 7.16. The highest BCUT2D eigenvalue weighted by Gasteiger charge is 2.32. The van der Waals surface area contributed by atoms with Gasteiger partial charge in [-0.05, 0) is 56.1 Å². The van der Waals surface area contributed by atoms with Gasteiger partial charge < -0.3 is 4.57 Å². The minimum atomic E-state index is 0.316. The Labute approximate surface area is 155 Å². The van der Waals surface area contributed by atoms with Gasteiger partial charge in [-0.3, -0.25) is 0 Å². The molecule has 0 amide bonds. The van der Waals surface area contributed by atoms with E-state index in [2.05, 4.69) is 58.4 Å². The van der Waals surface area contributed by atoms with Crippen LogP contribution in [0.5, 0.6) is 0 Å². The highest BCUT2D eigenvalue weighted by atomic mass is 32.1. The number of aromatic nitrogens is 1. The summed E-state index contributed by atoms with van der Waals surface area (Å²) >= 11 is 1.72. The Morgan fingerprint density at radius 1 is 1.36 bits per heavy atom. The van der Waals surface area contributed by atoms with Gasteiger partial charge >= 0.3 is 0 Å². The second-order valence-electron chi connectivity index (χ2n) is 8.25. The van der Waals surface area contributed by atoms with Gasteiger partial charge in [-0.25, -0.2) is 4.99 Å². The van der Waals surface area contributed by atoms with Crippen LogP contribution in [-0.2, 0) is 19.9 Å². The van der Waals surface area contributed by atoms with E-state index in [-0.39, 0.29) is 0 Å². The lowest BCUT2D eigenvalue weighted by Gasteiger charge is -2.33. The number of nitrogens with zero attached hydrogens (tertiary/aromatic N) is 3. The van der Waals surface area contributed by atoms with Crippen molar-refractivity contribution in [2.45, 2.75) is 53.9 Å². The summed E-state index contributed by atoms with van der Waals surface area (Å²) in [5.41, 5.74) is 5.92. The van der Waals surface area contributed by atoms with Crippen LogP contribution in [0.2, 0.25) is 0 Å². The zero-order valence-corrected chi connectivity index (χ0v) is 16.9. The molecule has 0 radical (unpaired) electrons. The molecule has 1 aliphatic rings. The first-order chi connectivity index (χ1) is 11.7. The smallest absolute Gasteiger partial charge is 0.134 e. The molecule has 0 fully saturated rings. The van der Waals surface area contributed by atoms with Crippen LogP contribution in [0, 0.1) is 36.5 Å². The summed E-state index contributed by atoms with van der Waals surface area (Å²) in [4.78, 5) is 6.08. The first-order valence-corrected chi connectivity index (χ1v) is 9.75. The van der Waals surface area contributed by atoms with Crippen molar-refractivity contribution in [1.29, 1.82) is 5.26 Å². The predicted molar refractivity (Wildman–Crippen MR) is 106 cm³/mol. The Morgan fingerprint density at radius 3 is 2.64 bits per heavy atom. The van der Waals surface area contributed by atoms with E-state index in [1.165, 1.54) is 28.2 Å². The summed E-state index contributed by atoms with van der Waals surface area (Å²) < 4.78 is 2.17. The maximum absolute atomic E-state index is 9.67. The third-order valence-electron chi connectivity index (χ3n) is 5.72. The summed E-state index contributed by atoms with van der Waals surface area (Å²) in [5, 5.41) is 10.5. The topological polar surface area (TPSA) is 41.1 Å². The third-order valence-corrected chi connectivity index (χ3v) is 6.88. The fourth-order valence-electron chi connectivity index (χ4n) is 3.66. The van der Waals surface area contributed by atoms with Gasteiger partial charge in [-0.1, -0.05) is 20.8 Å². The van der Waals surface area contributed by atoms with Gasteiger partial charge in [-0.2, -0.15) is 5.26 Å². The molecule has 4 heteroatoms. The normalized spacial score (nSPS) is 17.7. The molecule has 3 rings (SSSR count). The average Bonchev–Trinajstić information content (AvgIpc) is 3.03. The van der Waals surface area contributed by atoms with Crippen LogP contribution >= 0.6 is 11.3 Å². The van der Waals surface area contributed by atoms with Crippen LogP contribution in [0.15, 0.2) is 11.1 Å². The molecule has 0 aliphatic heterocycles. The van der Waals surface area contributed by atoms with Crippen molar-refractivity contribution in [3.05, 3.63) is 39.0 Å². The molecule has 0 N–H and O–H groups in total. The molecule has 0 aromatic carbocycles. The van der Waals surface area contributed by atoms with E-state index in [0.717, 1.165) is 29.0 Å². The predicted octanol–water partition coefficient (Wildman–Crippen LogP) is 5.48. The molecule has 0 saturated heterocycles. The van der Waals surface area contributed by atoms with E-state index < -0.39 is 0 Å². The Hall–Kier alpha value is -1.86. The monoisotopic (exact) mass is 353 g/mol. The van der Waals surface area contributed by atoms with Gasteiger partial charge in [0, 0.05) is 35.1 Å². The number of fused-ring (bicyclic) bond motifs is 1. The zero-order chi connectivity index (χ0) is 18.4. The molecule has 2 aromatic rings. The molecule has 1 atom stereocenters. The molecule has 2 heterocycles. The molecule has 25 heavy (non-hydrogen) atoms. The fourth-order valence-corrected chi connectivity index (χ4v) is 4.88. The number of nitriles is 1. The first-order valence-electron chi connectivity index (χ1n) is 8.94. The van der Waals surface area contributed by atoms with Gasteiger partial charge in [-0.15, -0.1) is 11.3 Å². The van der Waals surface area contributed by atoms with Crippen LogP contribution < -0.4 is 0 Å². The summed E-state index contributed by atoms with van der Waals surface area (Å²) in [6.45, 7) is 11.2. The number of aryl methyl sites for hydroxylation is 1. The second-order valence-corrected chi connectivity index (χ2v) is 9.33. The standard InChI is InChI=1S/C21H27N3S/c1-13-9-15(14(2)24(13)6)12-23-20-18(11-22)17-8-7-16(21(3,4)5)10-19(17)25-20/h9,12,16H,7-8,10H2,1-6H3/t16-/m1/s1. The maximum Gasteiger partial charge on any atom is 0.134 e. The molecule has 1 aliphatic carbocycles. The van der Waals surface area contributed by atoms with Gasteiger partial charge in [0.2, 0.25) is 0 Å². The molecule has 0 saturated carbocycles. The largest absolute Gasteiger partial charge is 0.352 e. The van der Waals surface area contributed by atoms with E-state index in [9.17, 15) is 5.26 Å². The molecule has 0 spiro atoms. The SMILES string of the molecule is Cc1cc(C=Nc2sc3c(c2C#N)CC[C@@H](C(C)(C)C)C3)c(C)n1C. The van der Waals surface area contributed by atoms with Crippen molar-refractivity contribution in [1.82, 2.24) is 4.57 Å². The van der Waals surface area contributed by atoms with Gasteiger partial charge in [0.05, 0.1) is 5.56 Å². The number of thiophene rings is 1. The van der Waals surface area contributed by atoms with Gasteiger partial charge in [0.15, 0.2) is 0 Å². The van der Waals surface area contributed by atoms with Crippen molar-refractivity contribution >= 4 is 22.6 Å². The molecular weight excluding hydrogens is 326 g/mol. The quantitative estimate of drug-likeness (QED) is 0.659. The molecule has 132 valence electrons. The van der Waals surface area contributed by atoms with Crippen molar-refractivity contribution < 1.29 is 0 Å². The van der Waals surface area contributed by atoms with Crippen LogP contribution in [-0.4, -0.2) is 10.8 Å². The lowest BCUT2D eigenvalue weighted by molar-refractivity contribution is 0.218. The summed E-state index contributed by atoms with van der Waals surface area (Å²) in [5.74, 6) is 0.682. The third kappa shape index (κ3) is 3.30. The number of hydrogen-bond acceptors (Lipinski definition) is 3. The molecule has 3 nitrogen and oxygen atoms in total. The lowest BCUT2D eigenvalue weighted by atomic mass is 9.72. The molecule has 0 bridgehead atoms. The Morgan fingerprint density at radius 2 is 2.08 bits per heavy atom. The first kappa shape index (κ1) is 17.9. The summed E-state index contributed by atoms with van der Waals surface area (Å²) in [7, 11) is 2.07. The number of aliphatic imine (C=N–C) groups is 1. The van der Waals surface area contributed by atoms with E-state index in [0.29, 0.717) is 11.3 Å². The van der Waals surface area contributed by atoms with E-state index >= 15 is 0 Å². The van der Waals surface area contributed by atoms with Crippen LogP contribution in [0.1, 0.15) is 60.1 Å². The number of hydrogen-bond donors (Lipinski definition) is 0. The second kappa shape index (κ2) is 6.46. The zero-order valence-electron chi connectivity index (χ0n) is 16.1. The van der Waals surface area contributed by atoms with E-state index in [1.807, 2.05) is 6.21 Å². The molecule has 0 unspecified atom stereocenters. The van der Waals surface area contributed by atoms with Crippen molar-refractivity contribution in [2.75, 3.05) is 0 Å². The number of rotatable bonds is 2. The van der Waals surface area contributed by atoms with Crippen LogP contribution in [0.25, 0.3) is 0 Å². The lowest BCUT2D eigenvalue weighted by Crippen LogP contribution is -2.26. The minimum absolute atomic E-state index is 0.316. The van der Waals surface area contributed by atoms with Crippen LogP contribution in [0.3, 0.4) is 0 Å². The van der Waals surface area contributed by atoms with E-state index in [1.54, 1.807) is 11.3 Å². The molecular formula is C21H27N3S. The summed E-state index contributed by atoms with van der Waals surface area (Å²) in [6.07, 6.45) is 5.18. The highest BCUT2D eigenvalue weighted by Crippen LogP contribution is 2.44. The Balaban J connectivity index is 1.94.